The van der Waals surface area contributed by atoms with Gasteiger partial charge in [-0.3, -0.25) is 0 Å². The van der Waals surface area contributed by atoms with Gasteiger partial charge in [-0.25, -0.2) is 4.79 Å². The van der Waals surface area contributed by atoms with E-state index in [1.807, 2.05) is 36.4 Å². The molecule has 4 heteroatoms. The van der Waals surface area contributed by atoms with Crippen LogP contribution in [0, 0.1) is 6.92 Å². The number of benzene rings is 2. The van der Waals surface area contributed by atoms with E-state index in [9.17, 15) is 4.79 Å². The summed E-state index contributed by atoms with van der Waals surface area (Å²) in [6.45, 7) is 1.80. The quantitative estimate of drug-likeness (QED) is 0.919. The van der Waals surface area contributed by atoms with E-state index in [1.54, 1.807) is 31.9 Å². The van der Waals surface area contributed by atoms with Crippen LogP contribution >= 0.6 is 11.8 Å². The number of aryl methyl sites for hydroxylation is 1. The van der Waals surface area contributed by atoms with E-state index in [4.69, 9.17) is 9.84 Å². The number of rotatable bonds is 4. The number of hydrogen-bond acceptors (Lipinski definition) is 3. The van der Waals surface area contributed by atoms with Crippen LogP contribution in [0.1, 0.15) is 15.9 Å². The van der Waals surface area contributed by atoms with E-state index in [0.29, 0.717) is 5.56 Å². The molecule has 0 aliphatic rings. The highest BCUT2D eigenvalue weighted by molar-refractivity contribution is 7.99. The summed E-state index contributed by atoms with van der Waals surface area (Å²) in [7, 11) is 1.63. The summed E-state index contributed by atoms with van der Waals surface area (Å²) >= 11 is 1.58. The van der Waals surface area contributed by atoms with Crippen LogP contribution in [0.15, 0.2) is 52.3 Å². The monoisotopic (exact) mass is 274 g/mol. The zero-order valence-electron chi connectivity index (χ0n) is 10.7. The van der Waals surface area contributed by atoms with Gasteiger partial charge in [-0.1, -0.05) is 17.8 Å². The van der Waals surface area contributed by atoms with E-state index < -0.39 is 5.97 Å². The molecule has 0 spiro atoms. The molecule has 0 aliphatic heterocycles. The van der Waals surface area contributed by atoms with Crippen molar-refractivity contribution in [3.05, 3.63) is 53.6 Å². The lowest BCUT2D eigenvalue weighted by Crippen LogP contribution is -1.99. The zero-order chi connectivity index (χ0) is 13.8. The SMILES string of the molecule is COc1cccc(Sc2ccc(C(=O)O)c(C)c2)c1. The van der Waals surface area contributed by atoms with Gasteiger partial charge in [0.05, 0.1) is 12.7 Å². The number of aromatic carboxylic acids is 1. The number of ether oxygens (including phenoxy) is 1. The van der Waals surface area contributed by atoms with Gasteiger partial charge >= 0.3 is 5.97 Å². The molecule has 0 aromatic heterocycles. The number of hydrogen-bond donors (Lipinski definition) is 1. The van der Waals surface area contributed by atoms with Gasteiger partial charge in [0.2, 0.25) is 0 Å². The average molecular weight is 274 g/mol. The van der Waals surface area contributed by atoms with Gasteiger partial charge in [0.1, 0.15) is 5.75 Å². The first-order valence-electron chi connectivity index (χ1n) is 5.76. The van der Waals surface area contributed by atoms with Crippen molar-refractivity contribution in [1.29, 1.82) is 0 Å². The van der Waals surface area contributed by atoms with Crippen molar-refractivity contribution >= 4 is 17.7 Å². The van der Waals surface area contributed by atoms with Crippen LogP contribution in [0.2, 0.25) is 0 Å². The van der Waals surface area contributed by atoms with Crippen molar-refractivity contribution in [2.24, 2.45) is 0 Å². The first-order valence-corrected chi connectivity index (χ1v) is 6.57. The van der Waals surface area contributed by atoms with Crippen LogP contribution in [-0.4, -0.2) is 18.2 Å². The van der Waals surface area contributed by atoms with Crippen LogP contribution < -0.4 is 4.74 Å². The Morgan fingerprint density at radius 1 is 1.16 bits per heavy atom. The van der Waals surface area contributed by atoms with Crippen molar-refractivity contribution in [1.82, 2.24) is 0 Å². The Hall–Kier alpha value is -1.94. The molecule has 2 aromatic rings. The molecule has 2 aromatic carbocycles. The third-order valence-corrected chi connectivity index (χ3v) is 3.68. The topological polar surface area (TPSA) is 46.5 Å². The summed E-state index contributed by atoms with van der Waals surface area (Å²) in [6, 6.07) is 13.1. The lowest BCUT2D eigenvalue weighted by atomic mass is 10.1. The van der Waals surface area contributed by atoms with Gasteiger partial charge in [0, 0.05) is 9.79 Å². The third-order valence-electron chi connectivity index (χ3n) is 2.71. The maximum absolute atomic E-state index is 11.0. The number of carboxylic acid groups (broad SMARTS) is 1. The normalized spacial score (nSPS) is 10.2. The summed E-state index contributed by atoms with van der Waals surface area (Å²) in [5.74, 6) is -0.0840. The molecule has 98 valence electrons. The van der Waals surface area contributed by atoms with Crippen LogP contribution in [-0.2, 0) is 0 Å². The summed E-state index contributed by atoms with van der Waals surface area (Å²) in [4.78, 5) is 13.0. The maximum atomic E-state index is 11.0. The molecule has 2 rings (SSSR count). The molecule has 0 amide bonds. The Labute approximate surface area is 116 Å². The van der Waals surface area contributed by atoms with Gasteiger partial charge in [0.15, 0.2) is 0 Å². The second-order valence-electron chi connectivity index (χ2n) is 4.06. The van der Waals surface area contributed by atoms with Gasteiger partial charge < -0.3 is 9.84 Å². The highest BCUT2D eigenvalue weighted by Gasteiger charge is 2.08. The van der Waals surface area contributed by atoms with Crippen molar-refractivity contribution in [2.75, 3.05) is 7.11 Å². The zero-order valence-corrected chi connectivity index (χ0v) is 11.5. The summed E-state index contributed by atoms with van der Waals surface area (Å²) in [5.41, 5.74) is 1.11. The highest BCUT2D eigenvalue weighted by Crippen LogP contribution is 2.31. The van der Waals surface area contributed by atoms with Crippen molar-refractivity contribution < 1.29 is 14.6 Å². The van der Waals surface area contributed by atoms with Crippen LogP contribution in [0.3, 0.4) is 0 Å². The average Bonchev–Trinajstić information content (AvgIpc) is 2.38. The van der Waals surface area contributed by atoms with Crippen LogP contribution in [0.4, 0.5) is 0 Å². The van der Waals surface area contributed by atoms with E-state index >= 15 is 0 Å². The van der Waals surface area contributed by atoms with E-state index in [2.05, 4.69) is 0 Å². The smallest absolute Gasteiger partial charge is 0.335 e. The molecular formula is C15H14O3S. The molecule has 3 nitrogen and oxygen atoms in total. The van der Waals surface area contributed by atoms with E-state index in [-0.39, 0.29) is 0 Å². The van der Waals surface area contributed by atoms with Crippen molar-refractivity contribution in [3.8, 4) is 5.75 Å². The number of carbonyl (C=O) groups is 1. The molecule has 0 fully saturated rings. The fourth-order valence-electron chi connectivity index (χ4n) is 1.74. The fraction of sp³-hybridized carbons (Fsp3) is 0.133. The van der Waals surface area contributed by atoms with Gasteiger partial charge in [-0.2, -0.15) is 0 Å². The maximum Gasteiger partial charge on any atom is 0.335 e. The minimum atomic E-state index is -0.893. The molecule has 0 aliphatic carbocycles. The Morgan fingerprint density at radius 2 is 1.89 bits per heavy atom. The predicted octanol–water partition coefficient (Wildman–Crippen LogP) is 3.85. The van der Waals surface area contributed by atoms with Gasteiger partial charge in [0.25, 0.3) is 0 Å². The Balaban J connectivity index is 2.23. The summed E-state index contributed by atoms with van der Waals surface area (Å²) in [5, 5.41) is 8.99. The first kappa shape index (κ1) is 13.5. The molecular weight excluding hydrogens is 260 g/mol. The van der Waals surface area contributed by atoms with Crippen LogP contribution in [0.5, 0.6) is 5.75 Å². The third kappa shape index (κ3) is 3.29. The molecule has 0 radical (unpaired) electrons. The molecule has 0 saturated heterocycles. The van der Waals surface area contributed by atoms with Crippen molar-refractivity contribution in [3.63, 3.8) is 0 Å². The minimum absolute atomic E-state index is 0.343. The number of methoxy groups -OCH3 is 1. The lowest BCUT2D eigenvalue weighted by Gasteiger charge is -2.06. The molecule has 0 bridgehead atoms. The molecule has 19 heavy (non-hydrogen) atoms. The largest absolute Gasteiger partial charge is 0.497 e. The lowest BCUT2D eigenvalue weighted by molar-refractivity contribution is 0.0696. The Kier molecular flexibility index (Phi) is 4.12. The van der Waals surface area contributed by atoms with Crippen LogP contribution in [0.25, 0.3) is 0 Å². The second kappa shape index (κ2) is 5.80. The second-order valence-corrected chi connectivity index (χ2v) is 5.21. The number of carboxylic acids is 1. The van der Waals surface area contributed by atoms with Gasteiger partial charge in [-0.05, 0) is 48.9 Å². The molecule has 1 N–H and O–H groups in total. The first-order chi connectivity index (χ1) is 9.10. The van der Waals surface area contributed by atoms with Gasteiger partial charge in [-0.15, -0.1) is 0 Å². The minimum Gasteiger partial charge on any atom is -0.497 e. The Bertz CT molecular complexity index is 608. The molecule has 0 atom stereocenters. The summed E-state index contributed by atoms with van der Waals surface area (Å²) < 4.78 is 5.18. The fourth-order valence-corrected chi connectivity index (χ4v) is 2.71. The van der Waals surface area contributed by atoms with Crippen molar-refractivity contribution in [2.45, 2.75) is 16.7 Å². The molecule has 0 saturated carbocycles. The highest BCUT2D eigenvalue weighted by atomic mass is 32.2. The standard InChI is InChI=1S/C15H14O3S/c1-10-8-13(6-7-14(10)15(16)17)19-12-5-3-4-11(9-12)18-2/h3-9H,1-2H3,(H,16,17). The molecule has 0 unspecified atom stereocenters. The predicted molar refractivity (Wildman–Crippen MR) is 75.3 cm³/mol. The van der Waals surface area contributed by atoms with E-state index in [1.165, 1.54) is 0 Å². The molecule has 0 heterocycles. The Morgan fingerprint density at radius 3 is 2.53 bits per heavy atom. The summed E-state index contributed by atoms with van der Waals surface area (Å²) in [6.07, 6.45) is 0. The van der Waals surface area contributed by atoms with E-state index in [0.717, 1.165) is 21.1 Å².